The number of fused-ring (bicyclic) bond motifs is 1. The highest BCUT2D eigenvalue weighted by molar-refractivity contribution is 8.18. The molecular formula is C15H12ClS+. The Morgan fingerprint density at radius 1 is 0.882 bits per heavy atom. The second-order valence-corrected chi connectivity index (χ2v) is 6.53. The molecule has 0 saturated heterocycles. The largest absolute Gasteiger partial charge is 0.183 e. The Labute approximate surface area is 109 Å². The highest BCUT2D eigenvalue weighted by atomic mass is 35.7. The maximum atomic E-state index is 6.38. The van der Waals surface area contributed by atoms with Crippen LogP contribution in [0.2, 0.25) is 0 Å². The molecule has 0 nitrogen and oxygen atoms in total. The molecule has 1 aliphatic heterocycles. The maximum Gasteiger partial charge on any atom is 0.183 e. The smallest absolute Gasteiger partial charge is 0.0622 e. The zero-order valence-electron chi connectivity index (χ0n) is 9.27. The SMILES string of the molecule is Cl[S+]1CC=C(c2ccccc2)c2ccccc21. The molecular weight excluding hydrogens is 248 g/mol. The van der Waals surface area contributed by atoms with Gasteiger partial charge in [-0.05, 0) is 29.3 Å². The van der Waals surface area contributed by atoms with Crippen LogP contribution >= 0.6 is 10.7 Å². The zero-order chi connectivity index (χ0) is 11.7. The lowest BCUT2D eigenvalue weighted by atomic mass is 9.97. The van der Waals surface area contributed by atoms with E-state index in [2.05, 4.69) is 54.6 Å². The molecule has 2 aromatic carbocycles. The van der Waals surface area contributed by atoms with E-state index in [1.807, 2.05) is 6.07 Å². The summed E-state index contributed by atoms with van der Waals surface area (Å²) in [6.07, 6.45) is 2.26. The van der Waals surface area contributed by atoms with Crippen molar-refractivity contribution in [3.8, 4) is 0 Å². The summed E-state index contributed by atoms with van der Waals surface area (Å²) in [5.41, 5.74) is 3.86. The minimum absolute atomic E-state index is 0.164. The molecule has 0 spiro atoms. The number of halogens is 1. The topological polar surface area (TPSA) is 0 Å². The zero-order valence-corrected chi connectivity index (χ0v) is 10.8. The Bertz CT molecular complexity index is 560. The van der Waals surface area contributed by atoms with Gasteiger partial charge in [0.25, 0.3) is 0 Å². The molecule has 0 radical (unpaired) electrons. The first kappa shape index (κ1) is 10.9. The lowest BCUT2D eigenvalue weighted by Crippen LogP contribution is -2.08. The van der Waals surface area contributed by atoms with Gasteiger partial charge < -0.3 is 0 Å². The van der Waals surface area contributed by atoms with Crippen LogP contribution in [0.5, 0.6) is 0 Å². The summed E-state index contributed by atoms with van der Waals surface area (Å²) in [4.78, 5) is 1.27. The second-order valence-electron chi connectivity index (χ2n) is 3.98. The standard InChI is InChI=1S/C15H12ClS/c16-17-11-10-13(12-6-2-1-3-7-12)14-8-4-5-9-15(14)17/h1-10H,11H2/q+1. The van der Waals surface area contributed by atoms with Crippen LogP contribution in [0.25, 0.3) is 5.57 Å². The Morgan fingerprint density at radius 2 is 1.59 bits per heavy atom. The van der Waals surface area contributed by atoms with Crippen LogP contribution < -0.4 is 0 Å². The molecule has 0 aliphatic carbocycles. The van der Waals surface area contributed by atoms with Gasteiger partial charge in [-0.1, -0.05) is 42.5 Å². The van der Waals surface area contributed by atoms with Crippen LogP contribution in [-0.2, 0) is 10.1 Å². The summed E-state index contributed by atoms with van der Waals surface area (Å²) in [6, 6.07) is 19.0. The van der Waals surface area contributed by atoms with E-state index in [1.54, 1.807) is 0 Å². The molecule has 2 heteroatoms. The van der Waals surface area contributed by atoms with Crippen LogP contribution in [0.1, 0.15) is 11.1 Å². The first-order chi connectivity index (χ1) is 8.36. The van der Waals surface area contributed by atoms with Crippen molar-refractivity contribution in [3.05, 3.63) is 71.8 Å². The molecule has 17 heavy (non-hydrogen) atoms. The Morgan fingerprint density at radius 3 is 2.41 bits per heavy atom. The minimum atomic E-state index is -0.164. The van der Waals surface area contributed by atoms with E-state index in [0.29, 0.717) is 0 Å². The van der Waals surface area contributed by atoms with Crippen LogP contribution in [-0.4, -0.2) is 5.75 Å². The van der Waals surface area contributed by atoms with Crippen LogP contribution in [0.3, 0.4) is 0 Å². The molecule has 0 fully saturated rings. The lowest BCUT2D eigenvalue weighted by molar-refractivity contribution is 1.35. The number of rotatable bonds is 1. The fraction of sp³-hybridized carbons (Fsp3) is 0.0667. The van der Waals surface area contributed by atoms with Gasteiger partial charge in [-0.15, -0.1) is 0 Å². The Balaban J connectivity index is 2.14. The summed E-state index contributed by atoms with van der Waals surface area (Å²) in [6.45, 7) is 0. The summed E-state index contributed by atoms with van der Waals surface area (Å²) >= 11 is 0. The molecule has 1 atom stereocenters. The van der Waals surface area contributed by atoms with Crippen LogP contribution in [0.4, 0.5) is 0 Å². The average Bonchev–Trinajstić information content (AvgIpc) is 2.41. The Kier molecular flexibility index (Phi) is 2.96. The number of hydrogen-bond acceptors (Lipinski definition) is 0. The van der Waals surface area contributed by atoms with Crippen molar-refractivity contribution < 1.29 is 0 Å². The molecule has 0 N–H and O–H groups in total. The summed E-state index contributed by atoms with van der Waals surface area (Å²) < 4.78 is 0. The van der Waals surface area contributed by atoms with Crippen molar-refractivity contribution in [2.24, 2.45) is 0 Å². The van der Waals surface area contributed by atoms with E-state index in [9.17, 15) is 0 Å². The summed E-state index contributed by atoms with van der Waals surface area (Å²) in [5, 5.41) is 0. The maximum absolute atomic E-state index is 6.38. The number of hydrogen-bond donors (Lipinski definition) is 0. The molecule has 0 bridgehead atoms. The van der Waals surface area contributed by atoms with Gasteiger partial charge in [-0.25, -0.2) is 0 Å². The van der Waals surface area contributed by atoms with E-state index < -0.39 is 0 Å². The van der Waals surface area contributed by atoms with Gasteiger partial charge in [0.05, 0.1) is 0 Å². The van der Waals surface area contributed by atoms with Gasteiger partial charge in [-0.3, -0.25) is 0 Å². The summed E-state index contributed by atoms with van der Waals surface area (Å²) in [7, 11) is 6.22. The van der Waals surface area contributed by atoms with Gasteiger partial charge in [-0.2, -0.15) is 0 Å². The van der Waals surface area contributed by atoms with E-state index in [-0.39, 0.29) is 10.1 Å². The van der Waals surface area contributed by atoms with Gasteiger partial charge in [0.1, 0.15) is 10.1 Å². The molecule has 1 unspecified atom stereocenters. The third kappa shape index (κ3) is 2.01. The van der Waals surface area contributed by atoms with Gasteiger partial charge in [0.15, 0.2) is 21.3 Å². The van der Waals surface area contributed by atoms with Gasteiger partial charge in [0, 0.05) is 5.56 Å². The quantitative estimate of drug-likeness (QED) is 0.671. The molecule has 0 saturated carbocycles. The van der Waals surface area contributed by atoms with Crippen molar-refractivity contribution in [2.75, 3.05) is 5.75 Å². The van der Waals surface area contributed by atoms with E-state index >= 15 is 0 Å². The van der Waals surface area contributed by atoms with Crippen molar-refractivity contribution in [2.45, 2.75) is 4.90 Å². The average molecular weight is 260 g/mol. The van der Waals surface area contributed by atoms with Crippen molar-refractivity contribution in [3.63, 3.8) is 0 Å². The number of benzene rings is 2. The fourth-order valence-electron chi connectivity index (χ4n) is 2.13. The first-order valence-electron chi connectivity index (χ1n) is 5.58. The third-order valence-electron chi connectivity index (χ3n) is 2.93. The molecule has 1 heterocycles. The highest BCUT2D eigenvalue weighted by Gasteiger charge is 2.29. The van der Waals surface area contributed by atoms with E-state index in [0.717, 1.165) is 5.75 Å². The molecule has 3 rings (SSSR count). The molecule has 0 aromatic heterocycles. The molecule has 84 valence electrons. The minimum Gasteiger partial charge on any atom is -0.0622 e. The third-order valence-corrected chi connectivity index (χ3v) is 5.10. The lowest BCUT2D eigenvalue weighted by Gasteiger charge is -2.14. The normalized spacial score (nSPS) is 18.4. The second kappa shape index (κ2) is 4.59. The fourth-order valence-corrected chi connectivity index (χ4v) is 3.86. The molecule has 1 aliphatic rings. The molecule has 2 aromatic rings. The predicted molar refractivity (Wildman–Crippen MR) is 76.3 cm³/mol. The highest BCUT2D eigenvalue weighted by Crippen LogP contribution is 2.35. The summed E-state index contributed by atoms with van der Waals surface area (Å²) in [5.74, 6) is 0.933. The van der Waals surface area contributed by atoms with Crippen molar-refractivity contribution in [1.29, 1.82) is 0 Å². The monoisotopic (exact) mass is 259 g/mol. The molecule has 0 amide bonds. The van der Waals surface area contributed by atoms with E-state index in [4.69, 9.17) is 10.7 Å². The van der Waals surface area contributed by atoms with Crippen molar-refractivity contribution >= 4 is 26.4 Å². The van der Waals surface area contributed by atoms with Crippen LogP contribution in [0, 0.1) is 0 Å². The Hall–Kier alpha value is -1.18. The van der Waals surface area contributed by atoms with Crippen molar-refractivity contribution in [1.82, 2.24) is 0 Å². The van der Waals surface area contributed by atoms with E-state index in [1.165, 1.54) is 21.6 Å². The van der Waals surface area contributed by atoms with Gasteiger partial charge in [0.2, 0.25) is 0 Å². The van der Waals surface area contributed by atoms with Gasteiger partial charge >= 0.3 is 0 Å². The van der Waals surface area contributed by atoms with Crippen LogP contribution in [0.15, 0.2) is 65.6 Å². The predicted octanol–water partition coefficient (Wildman–Crippen LogP) is 4.26. The first-order valence-corrected chi connectivity index (χ1v) is 7.80.